The number of aliphatic hydroxyl groups is 1. The standard InChI is InChI=1S/C13H13N5O2/c1-8-16-13(20-17-8)12-4-11(19)7-18(12)10-3-2-9(5-14)15-6-10/h2-3,6,11-12,19H,4,7H2,1H3/t11-,12+/m0/s1. The predicted octanol–water partition coefficient (Wildman–Crippen LogP) is 0.957. The van der Waals surface area contributed by atoms with Crippen LogP contribution >= 0.6 is 0 Å². The molecule has 1 saturated heterocycles. The summed E-state index contributed by atoms with van der Waals surface area (Å²) in [4.78, 5) is 10.2. The molecule has 2 aromatic heterocycles. The van der Waals surface area contributed by atoms with Crippen LogP contribution in [-0.4, -0.2) is 32.9 Å². The molecule has 0 saturated carbocycles. The van der Waals surface area contributed by atoms with Crippen LogP contribution in [0.25, 0.3) is 0 Å². The normalized spacial score (nSPS) is 21.9. The molecule has 102 valence electrons. The number of aryl methyl sites for hydroxylation is 1. The van der Waals surface area contributed by atoms with Gasteiger partial charge in [-0.3, -0.25) is 0 Å². The first-order valence-electron chi connectivity index (χ1n) is 6.28. The number of nitriles is 1. The summed E-state index contributed by atoms with van der Waals surface area (Å²) >= 11 is 0. The van der Waals surface area contributed by atoms with E-state index in [0.717, 1.165) is 5.69 Å². The maximum Gasteiger partial charge on any atom is 0.249 e. The van der Waals surface area contributed by atoms with Crippen molar-refractivity contribution in [2.75, 3.05) is 11.4 Å². The van der Waals surface area contributed by atoms with Gasteiger partial charge < -0.3 is 14.5 Å². The van der Waals surface area contributed by atoms with Gasteiger partial charge in [0.05, 0.1) is 18.0 Å². The molecule has 0 aliphatic carbocycles. The van der Waals surface area contributed by atoms with E-state index in [9.17, 15) is 5.11 Å². The van der Waals surface area contributed by atoms with Crippen LogP contribution in [0.3, 0.4) is 0 Å². The van der Waals surface area contributed by atoms with E-state index in [1.807, 2.05) is 11.0 Å². The molecule has 7 heteroatoms. The summed E-state index contributed by atoms with van der Waals surface area (Å²) in [5, 5.41) is 22.5. The van der Waals surface area contributed by atoms with Gasteiger partial charge in [-0.1, -0.05) is 5.16 Å². The first kappa shape index (κ1) is 12.6. The number of aliphatic hydroxyl groups excluding tert-OH is 1. The molecule has 1 aliphatic heterocycles. The van der Waals surface area contributed by atoms with Crippen molar-refractivity contribution >= 4 is 5.69 Å². The number of aromatic nitrogens is 3. The Kier molecular flexibility index (Phi) is 3.08. The summed E-state index contributed by atoms with van der Waals surface area (Å²) in [5.74, 6) is 1.06. The molecule has 3 heterocycles. The highest BCUT2D eigenvalue weighted by molar-refractivity contribution is 5.49. The first-order chi connectivity index (χ1) is 9.67. The van der Waals surface area contributed by atoms with Gasteiger partial charge in [-0.05, 0) is 19.1 Å². The van der Waals surface area contributed by atoms with Crippen molar-refractivity contribution in [2.45, 2.75) is 25.5 Å². The monoisotopic (exact) mass is 271 g/mol. The van der Waals surface area contributed by atoms with E-state index >= 15 is 0 Å². The second kappa shape index (κ2) is 4.90. The van der Waals surface area contributed by atoms with Crippen LogP contribution in [0.2, 0.25) is 0 Å². The average molecular weight is 271 g/mol. The minimum absolute atomic E-state index is 0.166. The Hall–Kier alpha value is -2.46. The van der Waals surface area contributed by atoms with Crippen LogP contribution in [0.4, 0.5) is 5.69 Å². The summed E-state index contributed by atoms with van der Waals surface area (Å²) in [6, 6.07) is 5.27. The molecular formula is C13H13N5O2. The molecule has 1 aliphatic rings. The highest BCUT2D eigenvalue weighted by atomic mass is 16.5. The highest BCUT2D eigenvalue weighted by Crippen LogP contribution is 2.35. The number of hydrogen-bond donors (Lipinski definition) is 1. The third-order valence-corrected chi connectivity index (χ3v) is 3.30. The molecule has 0 radical (unpaired) electrons. The van der Waals surface area contributed by atoms with E-state index in [2.05, 4.69) is 15.1 Å². The lowest BCUT2D eigenvalue weighted by molar-refractivity contribution is 0.191. The second-order valence-electron chi connectivity index (χ2n) is 4.75. The Morgan fingerprint density at radius 1 is 1.50 bits per heavy atom. The van der Waals surface area contributed by atoms with Crippen LogP contribution in [-0.2, 0) is 0 Å². The number of hydrogen-bond acceptors (Lipinski definition) is 7. The van der Waals surface area contributed by atoms with Crippen LogP contribution in [0, 0.1) is 18.3 Å². The Balaban J connectivity index is 1.91. The van der Waals surface area contributed by atoms with Crippen molar-refractivity contribution < 1.29 is 9.63 Å². The van der Waals surface area contributed by atoms with Gasteiger partial charge in [0.15, 0.2) is 5.82 Å². The number of β-amino-alcohol motifs (C(OH)–C–C–N with tert-alkyl or cyclic N) is 1. The van der Waals surface area contributed by atoms with E-state index in [-0.39, 0.29) is 6.04 Å². The number of pyridine rings is 1. The minimum Gasteiger partial charge on any atom is -0.391 e. The summed E-state index contributed by atoms with van der Waals surface area (Å²) in [6.07, 6.45) is 1.69. The quantitative estimate of drug-likeness (QED) is 0.868. The molecule has 0 bridgehead atoms. The fourth-order valence-electron chi connectivity index (χ4n) is 2.40. The van der Waals surface area contributed by atoms with Gasteiger partial charge in [-0.25, -0.2) is 4.98 Å². The molecule has 2 aromatic rings. The maximum atomic E-state index is 9.90. The molecule has 20 heavy (non-hydrogen) atoms. The van der Waals surface area contributed by atoms with E-state index in [1.54, 1.807) is 25.3 Å². The number of rotatable bonds is 2. The van der Waals surface area contributed by atoms with Crippen molar-refractivity contribution in [3.05, 3.63) is 35.7 Å². The lowest BCUT2D eigenvalue weighted by Crippen LogP contribution is -2.24. The SMILES string of the molecule is Cc1noc([C@H]2C[C@H](O)CN2c2ccc(C#N)nc2)n1. The topological polar surface area (TPSA) is 99.1 Å². The van der Waals surface area contributed by atoms with Crippen LogP contribution in [0.1, 0.15) is 29.9 Å². The third kappa shape index (κ3) is 2.21. The van der Waals surface area contributed by atoms with Gasteiger partial charge in [0, 0.05) is 13.0 Å². The Morgan fingerprint density at radius 3 is 2.95 bits per heavy atom. The fourth-order valence-corrected chi connectivity index (χ4v) is 2.40. The van der Waals surface area contributed by atoms with Crippen molar-refractivity contribution in [3.63, 3.8) is 0 Å². The minimum atomic E-state index is -0.456. The first-order valence-corrected chi connectivity index (χ1v) is 6.28. The van der Waals surface area contributed by atoms with Crippen molar-refractivity contribution in [3.8, 4) is 6.07 Å². The zero-order chi connectivity index (χ0) is 14.1. The fraction of sp³-hybridized carbons (Fsp3) is 0.385. The summed E-state index contributed by atoms with van der Waals surface area (Å²) in [7, 11) is 0. The smallest absolute Gasteiger partial charge is 0.249 e. The van der Waals surface area contributed by atoms with Crippen molar-refractivity contribution in [1.82, 2.24) is 15.1 Å². The Morgan fingerprint density at radius 2 is 2.35 bits per heavy atom. The highest BCUT2D eigenvalue weighted by Gasteiger charge is 2.36. The van der Waals surface area contributed by atoms with Gasteiger partial charge in [-0.2, -0.15) is 10.2 Å². The number of nitrogens with zero attached hydrogens (tertiary/aromatic N) is 5. The molecule has 3 rings (SSSR count). The zero-order valence-electron chi connectivity index (χ0n) is 10.9. The summed E-state index contributed by atoms with van der Waals surface area (Å²) in [5.41, 5.74) is 1.18. The second-order valence-corrected chi connectivity index (χ2v) is 4.75. The van der Waals surface area contributed by atoms with E-state index in [0.29, 0.717) is 30.4 Å². The summed E-state index contributed by atoms with van der Waals surface area (Å²) < 4.78 is 5.21. The Bertz CT molecular complexity index is 646. The molecule has 0 spiro atoms. The lowest BCUT2D eigenvalue weighted by atomic mass is 10.2. The largest absolute Gasteiger partial charge is 0.391 e. The Labute approximate surface area is 115 Å². The lowest BCUT2D eigenvalue weighted by Gasteiger charge is -2.23. The molecular weight excluding hydrogens is 258 g/mol. The molecule has 1 fully saturated rings. The molecule has 1 N–H and O–H groups in total. The number of anilines is 1. The van der Waals surface area contributed by atoms with E-state index < -0.39 is 6.10 Å². The van der Waals surface area contributed by atoms with Gasteiger partial charge in [0.1, 0.15) is 17.8 Å². The van der Waals surface area contributed by atoms with Crippen LogP contribution in [0.5, 0.6) is 0 Å². The molecule has 0 amide bonds. The molecule has 2 atom stereocenters. The van der Waals surface area contributed by atoms with Gasteiger partial charge in [-0.15, -0.1) is 0 Å². The molecule has 0 unspecified atom stereocenters. The van der Waals surface area contributed by atoms with Crippen LogP contribution in [0.15, 0.2) is 22.9 Å². The predicted molar refractivity (Wildman–Crippen MR) is 68.7 cm³/mol. The van der Waals surface area contributed by atoms with E-state index in [1.165, 1.54) is 0 Å². The summed E-state index contributed by atoms with van der Waals surface area (Å²) in [6.45, 7) is 2.23. The third-order valence-electron chi connectivity index (χ3n) is 3.30. The van der Waals surface area contributed by atoms with E-state index in [4.69, 9.17) is 9.78 Å². The van der Waals surface area contributed by atoms with Gasteiger partial charge >= 0.3 is 0 Å². The maximum absolute atomic E-state index is 9.90. The van der Waals surface area contributed by atoms with Crippen molar-refractivity contribution in [1.29, 1.82) is 5.26 Å². The molecule has 0 aromatic carbocycles. The van der Waals surface area contributed by atoms with Crippen LogP contribution < -0.4 is 4.90 Å². The van der Waals surface area contributed by atoms with Gasteiger partial charge in [0.25, 0.3) is 0 Å². The van der Waals surface area contributed by atoms with Gasteiger partial charge in [0.2, 0.25) is 5.89 Å². The average Bonchev–Trinajstić information content (AvgIpc) is 3.05. The zero-order valence-corrected chi connectivity index (χ0v) is 10.9. The molecule has 7 nitrogen and oxygen atoms in total. The van der Waals surface area contributed by atoms with Crippen molar-refractivity contribution in [2.24, 2.45) is 0 Å².